The van der Waals surface area contributed by atoms with Crippen molar-refractivity contribution in [1.82, 2.24) is 4.98 Å². The average Bonchev–Trinajstić information content (AvgIpc) is 2.60. The molecule has 0 saturated carbocycles. The fraction of sp³-hybridized carbons (Fsp3) is 0.381. The van der Waals surface area contributed by atoms with Crippen molar-refractivity contribution < 1.29 is 14.3 Å². The van der Waals surface area contributed by atoms with Gasteiger partial charge in [0.1, 0.15) is 12.4 Å². The molecule has 2 amide bonds. The van der Waals surface area contributed by atoms with Crippen molar-refractivity contribution in [2.75, 3.05) is 22.5 Å². The number of hydrogen-bond donors (Lipinski definition) is 2. The van der Waals surface area contributed by atoms with Crippen molar-refractivity contribution in [2.24, 2.45) is 5.92 Å². The topological polar surface area (TPSA) is 97.5 Å². The van der Waals surface area contributed by atoms with Crippen LogP contribution >= 0.6 is 0 Å². The van der Waals surface area contributed by atoms with Crippen molar-refractivity contribution in [3.63, 3.8) is 0 Å². The summed E-state index contributed by atoms with van der Waals surface area (Å²) in [4.78, 5) is 31.3. The van der Waals surface area contributed by atoms with Gasteiger partial charge < -0.3 is 15.8 Å². The number of benzene rings is 1. The van der Waals surface area contributed by atoms with Gasteiger partial charge in [0.15, 0.2) is 17.7 Å². The Labute approximate surface area is 164 Å². The molecule has 1 aromatic carbocycles. The molecule has 0 spiro atoms. The summed E-state index contributed by atoms with van der Waals surface area (Å²) >= 11 is 0. The Morgan fingerprint density at radius 2 is 1.89 bits per heavy atom. The van der Waals surface area contributed by atoms with Crippen LogP contribution in [0.1, 0.15) is 30.5 Å². The molecule has 1 unspecified atom stereocenters. The van der Waals surface area contributed by atoms with Gasteiger partial charge >= 0.3 is 0 Å². The van der Waals surface area contributed by atoms with Crippen molar-refractivity contribution in [3.05, 3.63) is 41.0 Å². The monoisotopic (exact) mass is 382 g/mol. The third-order valence-electron chi connectivity index (χ3n) is 4.73. The van der Waals surface area contributed by atoms with Gasteiger partial charge in [0.25, 0.3) is 5.91 Å². The van der Waals surface area contributed by atoms with Crippen molar-refractivity contribution in [1.29, 1.82) is 0 Å². The number of nitrogens with two attached hydrogens (primary N) is 1. The lowest BCUT2D eigenvalue weighted by Crippen LogP contribution is -2.51. The quantitative estimate of drug-likeness (QED) is 0.847. The number of aryl methyl sites for hydroxylation is 3. The van der Waals surface area contributed by atoms with E-state index in [0.717, 1.165) is 22.4 Å². The molecule has 1 aromatic heterocycles. The lowest BCUT2D eigenvalue weighted by Gasteiger charge is -2.34. The largest absolute Gasteiger partial charge is 0.476 e. The molecule has 0 saturated heterocycles. The zero-order chi connectivity index (χ0) is 20.6. The number of nitrogens with zero attached hydrogens (tertiary/aromatic N) is 2. The Morgan fingerprint density at radius 3 is 2.50 bits per heavy atom. The number of carbonyl (C=O) groups is 2. The van der Waals surface area contributed by atoms with Crippen LogP contribution in [0, 0.1) is 26.7 Å². The molecule has 3 rings (SSSR count). The smallest absolute Gasteiger partial charge is 0.270 e. The van der Waals surface area contributed by atoms with Gasteiger partial charge in [-0.1, -0.05) is 31.5 Å². The first-order valence-corrected chi connectivity index (χ1v) is 9.29. The number of rotatable bonds is 4. The SMILES string of the molecule is Cc1cc(C)c(NC(=O)CN2C(=O)C(C(C)C)Oc3ccc(N)nc32)c(C)c1. The van der Waals surface area contributed by atoms with E-state index >= 15 is 0 Å². The number of hydrogen-bond acceptors (Lipinski definition) is 5. The van der Waals surface area contributed by atoms with Gasteiger partial charge in [-0.2, -0.15) is 0 Å². The molecule has 0 fully saturated rings. The highest BCUT2D eigenvalue weighted by Gasteiger charge is 2.38. The van der Waals surface area contributed by atoms with E-state index in [2.05, 4.69) is 10.3 Å². The van der Waals surface area contributed by atoms with Crippen LogP contribution in [-0.4, -0.2) is 29.4 Å². The summed E-state index contributed by atoms with van der Waals surface area (Å²) in [5.74, 6) is 0.326. The van der Waals surface area contributed by atoms with E-state index < -0.39 is 6.10 Å². The zero-order valence-electron chi connectivity index (χ0n) is 16.9. The van der Waals surface area contributed by atoms with Gasteiger partial charge in [0.2, 0.25) is 5.91 Å². The molecule has 148 valence electrons. The first kappa shape index (κ1) is 19.7. The van der Waals surface area contributed by atoms with E-state index in [-0.39, 0.29) is 35.9 Å². The molecule has 7 nitrogen and oxygen atoms in total. The maximum atomic E-state index is 12.9. The lowest BCUT2D eigenvalue weighted by molar-refractivity contribution is -0.129. The third kappa shape index (κ3) is 3.78. The van der Waals surface area contributed by atoms with E-state index in [0.29, 0.717) is 5.75 Å². The highest BCUT2D eigenvalue weighted by atomic mass is 16.5. The van der Waals surface area contributed by atoms with Gasteiger partial charge in [0.05, 0.1) is 0 Å². The van der Waals surface area contributed by atoms with Crippen LogP contribution in [0.4, 0.5) is 17.3 Å². The Kier molecular flexibility index (Phi) is 5.27. The zero-order valence-corrected chi connectivity index (χ0v) is 16.9. The van der Waals surface area contributed by atoms with Gasteiger partial charge in [-0.25, -0.2) is 4.98 Å². The summed E-state index contributed by atoms with van der Waals surface area (Å²) in [6, 6.07) is 7.31. The Hall–Kier alpha value is -3.09. The van der Waals surface area contributed by atoms with Crippen LogP contribution in [-0.2, 0) is 9.59 Å². The number of pyridine rings is 1. The van der Waals surface area contributed by atoms with Gasteiger partial charge in [0, 0.05) is 5.69 Å². The third-order valence-corrected chi connectivity index (χ3v) is 4.73. The van der Waals surface area contributed by atoms with E-state index in [1.165, 1.54) is 4.90 Å². The predicted octanol–water partition coefficient (Wildman–Crippen LogP) is 2.98. The fourth-order valence-corrected chi connectivity index (χ4v) is 3.45. The summed E-state index contributed by atoms with van der Waals surface area (Å²) in [5, 5.41) is 2.93. The lowest BCUT2D eigenvalue weighted by atomic mass is 10.0. The minimum atomic E-state index is -0.673. The minimum Gasteiger partial charge on any atom is -0.476 e. The summed E-state index contributed by atoms with van der Waals surface area (Å²) in [7, 11) is 0. The Balaban J connectivity index is 1.89. The molecular weight excluding hydrogens is 356 g/mol. The highest BCUT2D eigenvalue weighted by molar-refractivity contribution is 6.06. The summed E-state index contributed by atoms with van der Waals surface area (Å²) in [5.41, 5.74) is 9.63. The number of nitrogen functional groups attached to an aromatic ring is 1. The highest BCUT2D eigenvalue weighted by Crippen LogP contribution is 2.34. The van der Waals surface area contributed by atoms with E-state index in [1.807, 2.05) is 46.8 Å². The van der Waals surface area contributed by atoms with Gasteiger partial charge in [-0.15, -0.1) is 0 Å². The molecule has 1 aliphatic rings. The number of amides is 2. The van der Waals surface area contributed by atoms with E-state index in [9.17, 15) is 9.59 Å². The minimum absolute atomic E-state index is 0.0506. The van der Waals surface area contributed by atoms with Crippen LogP contribution in [0.2, 0.25) is 0 Å². The second kappa shape index (κ2) is 7.50. The van der Waals surface area contributed by atoms with Gasteiger partial charge in [-0.3, -0.25) is 14.5 Å². The maximum Gasteiger partial charge on any atom is 0.270 e. The molecule has 1 aliphatic heterocycles. The Morgan fingerprint density at radius 1 is 1.25 bits per heavy atom. The predicted molar refractivity (Wildman–Crippen MR) is 110 cm³/mol. The molecule has 1 atom stereocenters. The molecule has 3 N–H and O–H groups in total. The maximum absolute atomic E-state index is 12.9. The van der Waals surface area contributed by atoms with E-state index in [4.69, 9.17) is 10.5 Å². The molecule has 7 heteroatoms. The molecule has 0 radical (unpaired) electrons. The van der Waals surface area contributed by atoms with Crippen LogP contribution in [0.15, 0.2) is 24.3 Å². The Bertz CT molecular complexity index is 916. The number of carbonyl (C=O) groups excluding carboxylic acids is 2. The molecular formula is C21H26N4O3. The van der Waals surface area contributed by atoms with Crippen molar-refractivity contribution in [2.45, 2.75) is 40.7 Å². The number of nitrogens with one attached hydrogen (secondary N) is 1. The first-order chi connectivity index (χ1) is 13.2. The van der Waals surface area contributed by atoms with Crippen molar-refractivity contribution >= 4 is 29.1 Å². The number of ether oxygens (including phenoxy) is 1. The summed E-state index contributed by atoms with van der Waals surface area (Å²) in [6.07, 6.45) is -0.673. The average molecular weight is 382 g/mol. The number of fused-ring (bicyclic) bond motifs is 1. The standard InChI is InChI=1S/C21H26N4O3/c1-11(2)19-21(27)25(20-15(28-19)6-7-16(22)23-20)10-17(26)24-18-13(4)8-12(3)9-14(18)5/h6-9,11,19H,10H2,1-5H3,(H2,22,23)(H,24,26). The number of aromatic nitrogens is 1. The molecule has 2 heterocycles. The first-order valence-electron chi connectivity index (χ1n) is 9.29. The molecule has 0 aliphatic carbocycles. The second-order valence-corrected chi connectivity index (χ2v) is 7.59. The molecule has 28 heavy (non-hydrogen) atoms. The summed E-state index contributed by atoms with van der Waals surface area (Å²) in [6.45, 7) is 9.54. The van der Waals surface area contributed by atoms with Crippen LogP contribution in [0.25, 0.3) is 0 Å². The normalized spacial score (nSPS) is 16.0. The van der Waals surface area contributed by atoms with Crippen molar-refractivity contribution in [3.8, 4) is 5.75 Å². The molecule has 0 bridgehead atoms. The van der Waals surface area contributed by atoms with Crippen LogP contribution in [0.5, 0.6) is 5.75 Å². The fourth-order valence-electron chi connectivity index (χ4n) is 3.45. The second-order valence-electron chi connectivity index (χ2n) is 7.59. The van der Waals surface area contributed by atoms with Crippen LogP contribution in [0.3, 0.4) is 0 Å². The molecule has 2 aromatic rings. The van der Waals surface area contributed by atoms with Gasteiger partial charge in [-0.05, 0) is 49.9 Å². The number of anilines is 3. The summed E-state index contributed by atoms with van der Waals surface area (Å²) < 4.78 is 5.80. The van der Waals surface area contributed by atoms with E-state index in [1.54, 1.807) is 12.1 Å². The van der Waals surface area contributed by atoms with Crippen LogP contribution < -0.4 is 20.7 Å².